The Balaban J connectivity index is 2.13. The molecule has 0 aliphatic rings. The van der Waals surface area contributed by atoms with Crippen LogP contribution in [-0.2, 0) is 6.42 Å². The lowest BCUT2D eigenvalue weighted by Crippen LogP contribution is -2.08. The van der Waals surface area contributed by atoms with E-state index in [9.17, 15) is 0 Å². The summed E-state index contributed by atoms with van der Waals surface area (Å²) in [5.74, 6) is 0. The first-order valence-corrected chi connectivity index (χ1v) is 8.70. The summed E-state index contributed by atoms with van der Waals surface area (Å²) in [5.41, 5.74) is 13.4. The number of nitrogens with zero attached hydrogens (tertiary/aromatic N) is 1. The molecule has 126 valence electrons. The number of hydrogen-bond acceptors (Lipinski definition) is 2. The van der Waals surface area contributed by atoms with Gasteiger partial charge in [-0.3, -0.25) is 0 Å². The number of nitrogens with two attached hydrogens (primary N) is 1. The third-order valence-electron chi connectivity index (χ3n) is 4.68. The molecule has 2 aromatic carbocycles. The van der Waals surface area contributed by atoms with Gasteiger partial charge in [0.15, 0.2) is 0 Å². The van der Waals surface area contributed by atoms with E-state index in [4.69, 9.17) is 5.73 Å². The number of aromatic amines is 1. The van der Waals surface area contributed by atoms with Gasteiger partial charge in [-0.05, 0) is 56.0 Å². The lowest BCUT2D eigenvalue weighted by atomic mass is 9.99. The highest BCUT2D eigenvalue weighted by molar-refractivity contribution is 5.93. The van der Waals surface area contributed by atoms with Crippen LogP contribution in [0.25, 0.3) is 22.2 Å². The second kappa shape index (κ2) is 7.10. The summed E-state index contributed by atoms with van der Waals surface area (Å²) in [6, 6.07) is 15.3. The molecule has 24 heavy (non-hydrogen) atoms. The summed E-state index contributed by atoms with van der Waals surface area (Å²) in [6.07, 6.45) is 3.25. The molecule has 0 radical (unpaired) electrons. The van der Waals surface area contributed by atoms with Crippen molar-refractivity contribution in [3.63, 3.8) is 0 Å². The molecule has 3 N–H and O–H groups in total. The van der Waals surface area contributed by atoms with Gasteiger partial charge >= 0.3 is 0 Å². The van der Waals surface area contributed by atoms with E-state index in [-0.39, 0.29) is 0 Å². The van der Waals surface area contributed by atoms with Gasteiger partial charge in [0.2, 0.25) is 0 Å². The monoisotopic (exact) mass is 321 g/mol. The molecular formula is C21H27N3. The Labute approximate surface area is 144 Å². The first-order chi connectivity index (χ1) is 11.6. The smallest absolute Gasteiger partial charge is 0.0498 e. The Morgan fingerprint density at radius 2 is 1.83 bits per heavy atom. The molecule has 1 aromatic heterocycles. The highest BCUT2D eigenvalue weighted by Gasteiger charge is 2.14. The van der Waals surface area contributed by atoms with E-state index in [0.29, 0.717) is 0 Å². The number of benzene rings is 2. The Morgan fingerprint density at radius 3 is 2.58 bits per heavy atom. The molecular weight excluding hydrogens is 294 g/mol. The molecule has 0 amide bonds. The van der Waals surface area contributed by atoms with Crippen molar-refractivity contribution in [1.29, 1.82) is 0 Å². The molecule has 0 atom stereocenters. The van der Waals surface area contributed by atoms with E-state index in [1.54, 1.807) is 0 Å². The standard InChI is InChI=1S/C21H27N3/c1-15-8-6-12-18-19(11-4-5-13-22)21(23-20(15)18)16-9-7-10-17(14-16)24(2)3/h6-10,12,14,23H,4-5,11,13,22H2,1-3H3. The fourth-order valence-electron chi connectivity index (χ4n) is 3.31. The Bertz CT molecular complexity index is 830. The van der Waals surface area contributed by atoms with Crippen LogP contribution in [0.4, 0.5) is 5.69 Å². The Kier molecular flexibility index (Phi) is 4.91. The van der Waals surface area contributed by atoms with Crippen molar-refractivity contribution >= 4 is 16.6 Å². The maximum atomic E-state index is 5.69. The molecule has 3 aromatic rings. The molecule has 3 heteroatoms. The fraction of sp³-hybridized carbons (Fsp3) is 0.333. The number of fused-ring (bicyclic) bond motifs is 1. The molecule has 3 rings (SSSR count). The van der Waals surface area contributed by atoms with Crippen molar-refractivity contribution in [3.05, 3.63) is 53.6 Å². The third-order valence-corrected chi connectivity index (χ3v) is 4.68. The summed E-state index contributed by atoms with van der Waals surface area (Å²) in [5, 5.41) is 1.34. The lowest BCUT2D eigenvalue weighted by Gasteiger charge is -2.14. The highest BCUT2D eigenvalue weighted by Crippen LogP contribution is 2.34. The number of hydrogen-bond donors (Lipinski definition) is 2. The quantitative estimate of drug-likeness (QED) is 0.657. The topological polar surface area (TPSA) is 45.0 Å². The highest BCUT2D eigenvalue weighted by atomic mass is 15.1. The van der Waals surface area contributed by atoms with Crippen LogP contribution in [0, 0.1) is 6.92 Å². The second-order valence-corrected chi connectivity index (χ2v) is 6.67. The zero-order valence-corrected chi connectivity index (χ0v) is 14.9. The largest absolute Gasteiger partial charge is 0.378 e. The first-order valence-electron chi connectivity index (χ1n) is 8.70. The van der Waals surface area contributed by atoms with Gasteiger partial charge in [-0.15, -0.1) is 0 Å². The van der Waals surface area contributed by atoms with Crippen molar-refractivity contribution in [1.82, 2.24) is 4.98 Å². The number of aryl methyl sites for hydroxylation is 2. The van der Waals surface area contributed by atoms with Gasteiger partial charge in [0.25, 0.3) is 0 Å². The normalized spacial score (nSPS) is 11.2. The zero-order valence-electron chi connectivity index (χ0n) is 14.9. The average molecular weight is 321 g/mol. The maximum Gasteiger partial charge on any atom is 0.0498 e. The van der Waals surface area contributed by atoms with Crippen LogP contribution >= 0.6 is 0 Å². The summed E-state index contributed by atoms with van der Waals surface area (Å²) in [7, 11) is 4.16. The minimum Gasteiger partial charge on any atom is -0.378 e. The average Bonchev–Trinajstić information content (AvgIpc) is 2.95. The van der Waals surface area contributed by atoms with E-state index in [1.807, 2.05) is 0 Å². The first kappa shape index (κ1) is 16.6. The van der Waals surface area contributed by atoms with Crippen LogP contribution in [0.15, 0.2) is 42.5 Å². The molecule has 0 saturated carbocycles. The summed E-state index contributed by atoms with van der Waals surface area (Å²) < 4.78 is 0. The van der Waals surface area contributed by atoms with Gasteiger partial charge < -0.3 is 15.6 Å². The van der Waals surface area contributed by atoms with Gasteiger partial charge in [0, 0.05) is 41.9 Å². The number of unbranched alkanes of at least 4 members (excludes halogenated alkanes) is 1. The van der Waals surface area contributed by atoms with Gasteiger partial charge in [-0.2, -0.15) is 0 Å². The van der Waals surface area contributed by atoms with E-state index in [2.05, 4.69) is 73.4 Å². The molecule has 3 nitrogen and oxygen atoms in total. The number of nitrogens with one attached hydrogen (secondary N) is 1. The molecule has 0 aliphatic heterocycles. The van der Waals surface area contributed by atoms with Crippen molar-refractivity contribution < 1.29 is 0 Å². The fourth-order valence-corrected chi connectivity index (χ4v) is 3.31. The summed E-state index contributed by atoms with van der Waals surface area (Å²) >= 11 is 0. The molecule has 0 aliphatic carbocycles. The Morgan fingerprint density at radius 1 is 1.04 bits per heavy atom. The van der Waals surface area contributed by atoms with Crippen molar-refractivity contribution in [2.45, 2.75) is 26.2 Å². The predicted molar refractivity (Wildman–Crippen MR) is 105 cm³/mol. The van der Waals surface area contributed by atoms with Crippen LogP contribution in [-0.4, -0.2) is 25.6 Å². The van der Waals surface area contributed by atoms with Crippen LogP contribution in [0.2, 0.25) is 0 Å². The van der Waals surface area contributed by atoms with E-state index >= 15 is 0 Å². The molecule has 0 spiro atoms. The van der Waals surface area contributed by atoms with Gasteiger partial charge in [-0.1, -0.05) is 30.3 Å². The SMILES string of the molecule is Cc1cccc2c(CCCCN)c(-c3cccc(N(C)C)c3)[nH]c12. The number of rotatable bonds is 6. The zero-order chi connectivity index (χ0) is 17.1. The van der Waals surface area contributed by atoms with Crippen LogP contribution in [0.5, 0.6) is 0 Å². The lowest BCUT2D eigenvalue weighted by molar-refractivity contribution is 0.748. The van der Waals surface area contributed by atoms with Crippen molar-refractivity contribution in [3.8, 4) is 11.3 Å². The number of aromatic nitrogens is 1. The Hall–Kier alpha value is -2.26. The number of H-pyrrole nitrogens is 1. The van der Waals surface area contributed by atoms with Crippen LogP contribution in [0.3, 0.4) is 0 Å². The maximum absolute atomic E-state index is 5.69. The molecule has 0 bridgehead atoms. The molecule has 0 saturated heterocycles. The molecule has 1 heterocycles. The van der Waals surface area contributed by atoms with Crippen molar-refractivity contribution in [2.75, 3.05) is 25.5 Å². The van der Waals surface area contributed by atoms with Crippen LogP contribution < -0.4 is 10.6 Å². The van der Waals surface area contributed by atoms with Crippen molar-refractivity contribution in [2.24, 2.45) is 5.73 Å². The molecule has 0 unspecified atom stereocenters. The van der Waals surface area contributed by atoms with Gasteiger partial charge in [-0.25, -0.2) is 0 Å². The van der Waals surface area contributed by atoms with Crippen LogP contribution in [0.1, 0.15) is 24.0 Å². The minimum absolute atomic E-state index is 0.757. The number of para-hydroxylation sites is 1. The number of anilines is 1. The second-order valence-electron chi connectivity index (χ2n) is 6.67. The van der Waals surface area contributed by atoms with Gasteiger partial charge in [0.1, 0.15) is 0 Å². The predicted octanol–water partition coefficient (Wildman–Crippen LogP) is 4.49. The van der Waals surface area contributed by atoms with Gasteiger partial charge in [0.05, 0.1) is 0 Å². The van der Waals surface area contributed by atoms with E-state index in [1.165, 1.54) is 39.0 Å². The minimum atomic E-state index is 0.757. The van der Waals surface area contributed by atoms with E-state index in [0.717, 1.165) is 25.8 Å². The third kappa shape index (κ3) is 3.17. The molecule has 0 fully saturated rings. The summed E-state index contributed by atoms with van der Waals surface area (Å²) in [4.78, 5) is 5.84. The van der Waals surface area contributed by atoms with E-state index < -0.39 is 0 Å². The summed E-state index contributed by atoms with van der Waals surface area (Å²) in [6.45, 7) is 2.93.